The van der Waals surface area contributed by atoms with Crippen molar-refractivity contribution in [2.45, 2.75) is 13.8 Å². The number of amides is 1. The van der Waals surface area contributed by atoms with Crippen molar-refractivity contribution in [2.24, 2.45) is 0 Å². The molecule has 2 aromatic rings. The molecule has 7 heteroatoms. The van der Waals surface area contributed by atoms with Crippen LogP contribution in [-0.2, 0) is 0 Å². The van der Waals surface area contributed by atoms with Gasteiger partial charge >= 0.3 is 0 Å². The van der Waals surface area contributed by atoms with Gasteiger partial charge in [0.05, 0.1) is 5.69 Å². The molecule has 1 aliphatic rings. The van der Waals surface area contributed by atoms with E-state index < -0.39 is 0 Å². The molecule has 1 aliphatic heterocycles. The van der Waals surface area contributed by atoms with Crippen LogP contribution in [0.1, 0.15) is 23.1 Å². The molecule has 6 nitrogen and oxygen atoms in total. The number of carbonyl (C=O) groups excluding carboxylic acids is 1. The third-order valence-corrected chi connectivity index (χ3v) is 4.30. The maximum atomic E-state index is 12.6. The summed E-state index contributed by atoms with van der Waals surface area (Å²) in [6.45, 7) is 8.52. The minimum Gasteiger partial charge on any atom is -0.335 e. The second kappa shape index (κ2) is 4.90. The fourth-order valence-electron chi connectivity index (χ4n) is 2.46. The van der Waals surface area contributed by atoms with Gasteiger partial charge in [-0.25, -0.2) is 4.98 Å². The van der Waals surface area contributed by atoms with Crippen LogP contribution in [0.5, 0.6) is 0 Å². The smallest absolute Gasteiger partial charge is 0.274 e. The predicted octanol–water partition coefficient (Wildman–Crippen LogP) is 0.877. The summed E-state index contributed by atoms with van der Waals surface area (Å²) in [4.78, 5) is 22.0. The maximum Gasteiger partial charge on any atom is 0.274 e. The third kappa shape index (κ3) is 2.12. The molecule has 0 atom stereocenters. The molecule has 0 saturated carbocycles. The minimum absolute atomic E-state index is 0.0478. The van der Waals surface area contributed by atoms with Crippen molar-refractivity contribution in [3.05, 3.63) is 16.9 Å². The van der Waals surface area contributed by atoms with Gasteiger partial charge in [0.15, 0.2) is 5.69 Å². The summed E-state index contributed by atoms with van der Waals surface area (Å²) < 4.78 is 1.66. The van der Waals surface area contributed by atoms with E-state index in [2.05, 4.69) is 21.9 Å². The van der Waals surface area contributed by atoms with Crippen LogP contribution in [0.25, 0.3) is 4.96 Å². The number of nitrogens with zero attached hydrogens (tertiary/aromatic N) is 5. The van der Waals surface area contributed by atoms with Crippen LogP contribution in [0, 0.1) is 6.92 Å². The number of hydrogen-bond acceptors (Lipinski definition) is 5. The van der Waals surface area contributed by atoms with Crippen LogP contribution in [0.4, 0.5) is 0 Å². The Labute approximate surface area is 115 Å². The zero-order valence-electron chi connectivity index (χ0n) is 11.2. The molecule has 19 heavy (non-hydrogen) atoms. The normalized spacial score (nSPS) is 17.3. The maximum absolute atomic E-state index is 12.6. The van der Waals surface area contributed by atoms with Crippen LogP contribution in [0.15, 0.2) is 5.51 Å². The highest BCUT2D eigenvalue weighted by atomic mass is 32.1. The number of piperazine rings is 1. The van der Waals surface area contributed by atoms with Crippen molar-refractivity contribution < 1.29 is 4.79 Å². The van der Waals surface area contributed by atoms with Gasteiger partial charge < -0.3 is 9.80 Å². The summed E-state index contributed by atoms with van der Waals surface area (Å²) in [6, 6.07) is 0. The molecule has 1 saturated heterocycles. The van der Waals surface area contributed by atoms with Gasteiger partial charge in [-0.05, 0) is 13.5 Å². The van der Waals surface area contributed by atoms with Gasteiger partial charge in [0, 0.05) is 26.2 Å². The Bertz CT molecular complexity index is 596. The van der Waals surface area contributed by atoms with E-state index in [0.29, 0.717) is 5.69 Å². The molecule has 0 aliphatic carbocycles. The molecule has 2 aromatic heterocycles. The van der Waals surface area contributed by atoms with E-state index in [1.807, 2.05) is 11.8 Å². The molecule has 1 fully saturated rings. The second-order valence-electron chi connectivity index (χ2n) is 4.71. The topological polar surface area (TPSA) is 53.7 Å². The lowest BCUT2D eigenvalue weighted by atomic mass is 10.2. The summed E-state index contributed by atoms with van der Waals surface area (Å²) in [6.07, 6.45) is 0. The van der Waals surface area contributed by atoms with Gasteiger partial charge in [-0.15, -0.1) is 0 Å². The first-order valence-corrected chi connectivity index (χ1v) is 7.39. The highest BCUT2D eigenvalue weighted by Gasteiger charge is 2.26. The quantitative estimate of drug-likeness (QED) is 0.819. The first-order chi connectivity index (χ1) is 9.20. The van der Waals surface area contributed by atoms with Crippen molar-refractivity contribution >= 4 is 22.2 Å². The highest BCUT2D eigenvalue weighted by Crippen LogP contribution is 2.17. The summed E-state index contributed by atoms with van der Waals surface area (Å²) >= 11 is 1.45. The Kier molecular flexibility index (Phi) is 3.24. The van der Waals surface area contributed by atoms with Gasteiger partial charge in [0.1, 0.15) is 5.51 Å². The molecule has 0 unspecified atom stereocenters. The predicted molar refractivity (Wildman–Crippen MR) is 73.6 cm³/mol. The van der Waals surface area contributed by atoms with Crippen molar-refractivity contribution in [1.82, 2.24) is 24.4 Å². The first-order valence-electron chi connectivity index (χ1n) is 6.51. The number of likely N-dealkylation sites (N-methyl/N-ethyl adjacent to an activating group) is 1. The lowest BCUT2D eigenvalue weighted by Gasteiger charge is -2.33. The zero-order valence-corrected chi connectivity index (χ0v) is 12.0. The molecule has 0 N–H and O–H groups in total. The van der Waals surface area contributed by atoms with Crippen LogP contribution in [0.3, 0.4) is 0 Å². The van der Waals surface area contributed by atoms with E-state index in [1.165, 1.54) is 11.3 Å². The Hall–Kier alpha value is -1.47. The lowest BCUT2D eigenvalue weighted by molar-refractivity contribution is 0.0634. The Morgan fingerprint density at radius 3 is 2.79 bits per heavy atom. The average molecular weight is 279 g/mol. The molecule has 0 aromatic carbocycles. The number of aryl methyl sites for hydroxylation is 1. The minimum atomic E-state index is 0.0478. The lowest BCUT2D eigenvalue weighted by Crippen LogP contribution is -2.48. The molecular weight excluding hydrogens is 262 g/mol. The van der Waals surface area contributed by atoms with E-state index in [0.717, 1.165) is 43.4 Å². The number of rotatable bonds is 2. The fraction of sp³-hybridized carbons (Fsp3) is 0.583. The van der Waals surface area contributed by atoms with Crippen LogP contribution < -0.4 is 0 Å². The van der Waals surface area contributed by atoms with Crippen molar-refractivity contribution in [2.75, 3.05) is 32.7 Å². The van der Waals surface area contributed by atoms with Gasteiger partial charge in [-0.3, -0.25) is 4.79 Å². The van der Waals surface area contributed by atoms with Gasteiger partial charge in [0.25, 0.3) is 5.91 Å². The average Bonchev–Trinajstić information content (AvgIpc) is 2.98. The first kappa shape index (κ1) is 12.6. The fourth-order valence-corrected chi connectivity index (χ4v) is 3.12. The van der Waals surface area contributed by atoms with Gasteiger partial charge in [-0.2, -0.15) is 9.61 Å². The van der Waals surface area contributed by atoms with Crippen LogP contribution in [0.2, 0.25) is 0 Å². The molecule has 0 radical (unpaired) electrons. The number of imidazole rings is 1. The van der Waals surface area contributed by atoms with E-state index >= 15 is 0 Å². The standard InChI is InChI=1S/C12H17N5OS/c1-3-15-4-6-16(7-5-15)11(18)10-9(2)14-12-17(10)13-8-19-12/h8H,3-7H2,1-2H3. The van der Waals surface area contributed by atoms with Gasteiger partial charge in [0.2, 0.25) is 4.96 Å². The number of aromatic nitrogens is 3. The molecular formula is C12H17N5OS. The third-order valence-electron chi connectivity index (χ3n) is 3.63. The summed E-state index contributed by atoms with van der Waals surface area (Å²) in [5.41, 5.74) is 3.09. The highest BCUT2D eigenvalue weighted by molar-refractivity contribution is 7.14. The van der Waals surface area contributed by atoms with Crippen LogP contribution in [-0.4, -0.2) is 63.0 Å². The van der Waals surface area contributed by atoms with E-state index in [-0.39, 0.29) is 5.91 Å². The molecule has 1 amide bonds. The van der Waals surface area contributed by atoms with Gasteiger partial charge in [-0.1, -0.05) is 18.3 Å². The second-order valence-corrected chi connectivity index (χ2v) is 5.52. The molecule has 3 rings (SSSR count). The van der Waals surface area contributed by atoms with E-state index in [4.69, 9.17) is 0 Å². The Morgan fingerprint density at radius 2 is 2.11 bits per heavy atom. The van der Waals surface area contributed by atoms with Crippen molar-refractivity contribution in [3.63, 3.8) is 0 Å². The molecule has 0 bridgehead atoms. The summed E-state index contributed by atoms with van der Waals surface area (Å²) in [5, 5.41) is 4.20. The number of fused-ring (bicyclic) bond motifs is 1. The number of carbonyl (C=O) groups is 1. The summed E-state index contributed by atoms with van der Waals surface area (Å²) in [5.74, 6) is 0.0478. The zero-order chi connectivity index (χ0) is 13.4. The largest absolute Gasteiger partial charge is 0.335 e. The molecule has 0 spiro atoms. The van der Waals surface area contributed by atoms with E-state index in [9.17, 15) is 4.79 Å². The Balaban J connectivity index is 1.84. The number of hydrogen-bond donors (Lipinski definition) is 0. The van der Waals surface area contributed by atoms with Crippen molar-refractivity contribution in [3.8, 4) is 0 Å². The monoisotopic (exact) mass is 279 g/mol. The molecule has 3 heterocycles. The summed E-state index contributed by atoms with van der Waals surface area (Å²) in [7, 11) is 0. The van der Waals surface area contributed by atoms with Crippen molar-refractivity contribution in [1.29, 1.82) is 0 Å². The van der Waals surface area contributed by atoms with Crippen LogP contribution >= 0.6 is 11.3 Å². The Morgan fingerprint density at radius 1 is 1.37 bits per heavy atom. The molecule has 102 valence electrons. The SMILES string of the molecule is CCN1CCN(C(=O)c2c(C)nc3scnn23)CC1. The van der Waals surface area contributed by atoms with E-state index in [1.54, 1.807) is 10.0 Å².